The molecular formula is C23H29N. The van der Waals surface area contributed by atoms with Crippen molar-refractivity contribution in [2.45, 2.75) is 34.6 Å². The van der Waals surface area contributed by atoms with Gasteiger partial charge in [-0.1, -0.05) is 89.0 Å². The Hall–Kier alpha value is -2.54. The van der Waals surface area contributed by atoms with E-state index in [1.54, 1.807) is 0 Å². The lowest BCUT2D eigenvalue weighted by atomic mass is 10.2. The smallest absolute Gasteiger partial charge is 0.0343 e. The predicted octanol–water partition coefficient (Wildman–Crippen LogP) is 6.18. The van der Waals surface area contributed by atoms with E-state index in [1.165, 1.54) is 22.3 Å². The first kappa shape index (κ1) is 19.5. The van der Waals surface area contributed by atoms with E-state index in [0.717, 1.165) is 11.3 Å². The fourth-order valence-electron chi connectivity index (χ4n) is 2.03. The van der Waals surface area contributed by atoms with E-state index >= 15 is 0 Å². The lowest BCUT2D eigenvalue weighted by Gasteiger charge is -1.93. The highest BCUT2D eigenvalue weighted by Crippen LogP contribution is 2.06. The molecule has 0 heterocycles. The molecule has 0 amide bonds. The van der Waals surface area contributed by atoms with Gasteiger partial charge < -0.3 is 5.73 Å². The van der Waals surface area contributed by atoms with Crippen LogP contribution in [0.25, 0.3) is 0 Å². The van der Waals surface area contributed by atoms with Crippen molar-refractivity contribution in [2.24, 2.45) is 0 Å². The standard InChI is InChI=1S/2C8H10.C7H9N/c1-7-3-5-8(2)6-4-7;1-7-4-3-5-8(2)6-7;1-6-4-2-3-5-7(6)8/h2*3-6H,1-2H3;2-5H,8H2,1H3. The maximum absolute atomic E-state index is 5.52. The Bertz CT molecular complexity index is 668. The SMILES string of the molecule is Cc1ccc(C)cc1.Cc1cccc(C)c1.Cc1ccccc1N. The first-order chi connectivity index (χ1) is 11.4. The Morgan fingerprint density at radius 3 is 1.25 bits per heavy atom. The highest BCUT2D eigenvalue weighted by molar-refractivity contribution is 5.44. The maximum Gasteiger partial charge on any atom is 0.0343 e. The van der Waals surface area contributed by atoms with Gasteiger partial charge in [-0.2, -0.15) is 0 Å². The average molecular weight is 319 g/mol. The molecule has 0 saturated heterocycles. The summed E-state index contributed by atoms with van der Waals surface area (Å²) >= 11 is 0. The Labute approximate surface area is 147 Å². The highest BCUT2D eigenvalue weighted by atomic mass is 14.5. The lowest BCUT2D eigenvalue weighted by Crippen LogP contribution is -1.85. The zero-order chi connectivity index (χ0) is 17.9. The molecule has 126 valence electrons. The van der Waals surface area contributed by atoms with Crippen LogP contribution in [-0.2, 0) is 0 Å². The number of benzene rings is 3. The van der Waals surface area contributed by atoms with Crippen molar-refractivity contribution in [2.75, 3.05) is 5.73 Å². The number of hydrogen-bond acceptors (Lipinski definition) is 1. The van der Waals surface area contributed by atoms with E-state index in [-0.39, 0.29) is 0 Å². The Morgan fingerprint density at radius 2 is 0.958 bits per heavy atom. The van der Waals surface area contributed by atoms with Crippen molar-refractivity contribution >= 4 is 5.69 Å². The van der Waals surface area contributed by atoms with Gasteiger partial charge >= 0.3 is 0 Å². The van der Waals surface area contributed by atoms with E-state index < -0.39 is 0 Å². The van der Waals surface area contributed by atoms with Crippen LogP contribution in [0.1, 0.15) is 27.8 Å². The van der Waals surface area contributed by atoms with Gasteiger partial charge in [0.2, 0.25) is 0 Å². The molecule has 0 radical (unpaired) electrons. The molecule has 0 aliphatic rings. The molecule has 24 heavy (non-hydrogen) atoms. The van der Waals surface area contributed by atoms with E-state index in [0.29, 0.717) is 0 Å². The Balaban J connectivity index is 0.000000180. The topological polar surface area (TPSA) is 26.0 Å². The van der Waals surface area contributed by atoms with Crippen molar-refractivity contribution in [1.29, 1.82) is 0 Å². The first-order valence-electron chi connectivity index (χ1n) is 8.26. The Morgan fingerprint density at radius 1 is 0.500 bits per heavy atom. The minimum atomic E-state index is 0.868. The van der Waals surface area contributed by atoms with Crippen LogP contribution in [0.4, 0.5) is 5.69 Å². The van der Waals surface area contributed by atoms with Gasteiger partial charge in [-0.3, -0.25) is 0 Å². The minimum absolute atomic E-state index is 0.868. The van der Waals surface area contributed by atoms with Gasteiger partial charge in [0.25, 0.3) is 0 Å². The van der Waals surface area contributed by atoms with Crippen LogP contribution in [-0.4, -0.2) is 0 Å². The lowest BCUT2D eigenvalue weighted by molar-refractivity contribution is 1.39. The second-order valence-electron chi connectivity index (χ2n) is 6.17. The van der Waals surface area contributed by atoms with E-state index in [4.69, 9.17) is 5.73 Å². The summed E-state index contributed by atoms with van der Waals surface area (Å²) in [5, 5.41) is 0. The summed E-state index contributed by atoms with van der Waals surface area (Å²) in [5.41, 5.74) is 12.9. The summed E-state index contributed by atoms with van der Waals surface area (Å²) < 4.78 is 0. The van der Waals surface area contributed by atoms with Gasteiger partial charge in [0.05, 0.1) is 0 Å². The van der Waals surface area contributed by atoms with Crippen molar-refractivity contribution in [3.63, 3.8) is 0 Å². The van der Waals surface area contributed by atoms with Crippen molar-refractivity contribution in [1.82, 2.24) is 0 Å². The average Bonchev–Trinajstić information content (AvgIpc) is 2.54. The summed E-state index contributed by atoms with van der Waals surface area (Å²) in [6.45, 7) is 10.4. The number of nitrogens with two attached hydrogens (primary N) is 1. The normalized spacial score (nSPS) is 9.21. The molecule has 0 aliphatic carbocycles. The fourth-order valence-corrected chi connectivity index (χ4v) is 2.03. The third-order valence-corrected chi connectivity index (χ3v) is 3.58. The minimum Gasteiger partial charge on any atom is -0.399 e. The molecule has 3 aromatic rings. The molecule has 0 spiro atoms. The van der Waals surface area contributed by atoms with Crippen LogP contribution in [0.2, 0.25) is 0 Å². The van der Waals surface area contributed by atoms with Crippen LogP contribution >= 0.6 is 0 Å². The molecule has 0 bridgehead atoms. The number of rotatable bonds is 0. The molecule has 0 atom stereocenters. The molecule has 0 unspecified atom stereocenters. The number of nitrogen functional groups attached to an aromatic ring is 1. The fraction of sp³-hybridized carbons (Fsp3) is 0.217. The van der Waals surface area contributed by atoms with Crippen LogP contribution in [0.5, 0.6) is 0 Å². The largest absolute Gasteiger partial charge is 0.399 e. The van der Waals surface area contributed by atoms with Gasteiger partial charge in [0.1, 0.15) is 0 Å². The van der Waals surface area contributed by atoms with Crippen LogP contribution in [0, 0.1) is 34.6 Å². The van der Waals surface area contributed by atoms with E-state index in [1.807, 2.05) is 31.2 Å². The molecule has 0 fully saturated rings. The quantitative estimate of drug-likeness (QED) is 0.492. The Kier molecular flexibility index (Phi) is 8.35. The molecule has 0 aromatic heterocycles. The third-order valence-electron chi connectivity index (χ3n) is 3.58. The van der Waals surface area contributed by atoms with Crippen LogP contribution in [0.3, 0.4) is 0 Å². The van der Waals surface area contributed by atoms with Crippen LogP contribution in [0.15, 0.2) is 72.8 Å². The molecular weight excluding hydrogens is 290 g/mol. The monoisotopic (exact) mass is 319 g/mol. The maximum atomic E-state index is 5.52. The molecule has 0 saturated carbocycles. The first-order valence-corrected chi connectivity index (χ1v) is 8.26. The van der Waals surface area contributed by atoms with Crippen molar-refractivity contribution in [3.05, 3.63) is 101 Å². The zero-order valence-electron chi connectivity index (χ0n) is 15.5. The number of anilines is 1. The van der Waals surface area contributed by atoms with E-state index in [9.17, 15) is 0 Å². The summed E-state index contributed by atoms with van der Waals surface area (Å²) in [4.78, 5) is 0. The van der Waals surface area contributed by atoms with Crippen molar-refractivity contribution in [3.8, 4) is 0 Å². The molecule has 1 nitrogen and oxygen atoms in total. The zero-order valence-corrected chi connectivity index (χ0v) is 15.5. The summed E-state index contributed by atoms with van der Waals surface area (Å²) in [6, 6.07) is 24.7. The van der Waals surface area contributed by atoms with Crippen LogP contribution < -0.4 is 5.73 Å². The van der Waals surface area contributed by atoms with Gasteiger partial charge in [-0.25, -0.2) is 0 Å². The second kappa shape index (κ2) is 10.3. The van der Waals surface area contributed by atoms with Gasteiger partial charge in [0.15, 0.2) is 0 Å². The number of hydrogen-bond donors (Lipinski definition) is 1. The molecule has 3 rings (SSSR count). The number of aryl methyl sites for hydroxylation is 5. The molecule has 0 aliphatic heterocycles. The molecule has 3 aromatic carbocycles. The highest BCUT2D eigenvalue weighted by Gasteiger charge is 1.84. The second-order valence-corrected chi connectivity index (χ2v) is 6.17. The molecule has 2 N–H and O–H groups in total. The van der Waals surface area contributed by atoms with Gasteiger partial charge in [0, 0.05) is 5.69 Å². The third kappa shape index (κ3) is 8.19. The summed E-state index contributed by atoms with van der Waals surface area (Å²) in [6.07, 6.45) is 0. The van der Waals surface area contributed by atoms with Crippen molar-refractivity contribution < 1.29 is 0 Å². The van der Waals surface area contributed by atoms with E-state index in [2.05, 4.69) is 76.2 Å². The van der Waals surface area contributed by atoms with Gasteiger partial charge in [-0.05, 0) is 46.2 Å². The summed E-state index contributed by atoms with van der Waals surface area (Å²) in [7, 11) is 0. The number of para-hydroxylation sites is 1. The predicted molar refractivity (Wildman–Crippen MR) is 107 cm³/mol. The van der Waals surface area contributed by atoms with Gasteiger partial charge in [-0.15, -0.1) is 0 Å². The summed E-state index contributed by atoms with van der Waals surface area (Å²) in [5.74, 6) is 0. The molecule has 1 heteroatoms.